The molecule has 8 heavy (non-hydrogen) atoms. The molecule has 1 aliphatic rings. The summed E-state index contributed by atoms with van der Waals surface area (Å²) in [5.41, 5.74) is 0.847. The van der Waals surface area contributed by atoms with E-state index in [2.05, 4.69) is 32.8 Å². The summed E-state index contributed by atoms with van der Waals surface area (Å²) in [5, 5.41) is 2.83. The highest BCUT2D eigenvalue weighted by Crippen LogP contribution is 2.13. The molecule has 0 radical (unpaired) electrons. The highest BCUT2D eigenvalue weighted by atomic mass is 79.9. The summed E-state index contributed by atoms with van der Waals surface area (Å²) in [4.78, 5) is 3.80. The predicted molar refractivity (Wildman–Crippen MR) is 37.8 cm³/mol. The average Bonchev–Trinajstić information content (AvgIpc) is 1.77. The van der Waals surface area contributed by atoms with Crippen molar-refractivity contribution in [1.82, 2.24) is 5.32 Å². The van der Waals surface area contributed by atoms with Gasteiger partial charge in [-0.1, -0.05) is 6.58 Å². The van der Waals surface area contributed by atoms with Crippen LogP contribution in [0.25, 0.3) is 0 Å². The highest BCUT2D eigenvalue weighted by molar-refractivity contribution is 9.12. The van der Waals surface area contributed by atoms with Crippen LogP contribution in [-0.4, -0.2) is 6.34 Å². The fourth-order valence-corrected chi connectivity index (χ4v) is 0.597. The minimum atomic E-state index is 0.847. The molecule has 0 unspecified atom stereocenters. The number of halogens is 1. The molecule has 1 aliphatic heterocycles. The average molecular weight is 173 g/mol. The zero-order chi connectivity index (χ0) is 5.98. The van der Waals surface area contributed by atoms with Crippen molar-refractivity contribution in [2.45, 2.75) is 0 Å². The molecule has 1 N–H and O–H groups in total. The lowest BCUT2D eigenvalue weighted by atomic mass is 10.4. The van der Waals surface area contributed by atoms with Gasteiger partial charge in [-0.2, -0.15) is 0 Å². The van der Waals surface area contributed by atoms with Crippen molar-refractivity contribution in [1.29, 1.82) is 0 Å². The van der Waals surface area contributed by atoms with Crippen LogP contribution in [0.4, 0.5) is 0 Å². The summed E-state index contributed by atoms with van der Waals surface area (Å²) in [6, 6.07) is 0. The van der Waals surface area contributed by atoms with Crippen molar-refractivity contribution in [3.8, 4) is 0 Å². The molecule has 0 aromatic carbocycles. The fraction of sp³-hybridized carbons (Fsp3) is 0. The number of hydrogen-bond acceptors (Lipinski definition) is 2. The van der Waals surface area contributed by atoms with Crippen LogP contribution in [0.5, 0.6) is 0 Å². The Morgan fingerprint density at radius 2 is 2.50 bits per heavy atom. The smallest absolute Gasteiger partial charge is 0.0923 e. The van der Waals surface area contributed by atoms with Gasteiger partial charge in [0.1, 0.15) is 0 Å². The maximum atomic E-state index is 3.80. The number of nitrogens with one attached hydrogen (secondary N) is 1. The van der Waals surface area contributed by atoms with Crippen LogP contribution in [-0.2, 0) is 0 Å². The molecular weight excluding hydrogens is 168 g/mol. The number of nitrogens with zero attached hydrogens (tertiary/aromatic N) is 1. The monoisotopic (exact) mass is 172 g/mol. The molecule has 42 valence electrons. The largest absolute Gasteiger partial charge is 0.346 e. The van der Waals surface area contributed by atoms with E-state index in [1.807, 2.05) is 0 Å². The van der Waals surface area contributed by atoms with Crippen LogP contribution in [0.15, 0.2) is 28.0 Å². The second kappa shape index (κ2) is 2.13. The molecule has 0 spiro atoms. The maximum Gasteiger partial charge on any atom is 0.0923 e. The first-order valence-electron chi connectivity index (χ1n) is 2.14. The lowest BCUT2D eigenvalue weighted by Crippen LogP contribution is -2.11. The third-order valence-corrected chi connectivity index (χ3v) is 1.47. The zero-order valence-corrected chi connectivity index (χ0v) is 5.77. The van der Waals surface area contributed by atoms with Gasteiger partial charge >= 0.3 is 0 Å². The molecule has 0 saturated carbocycles. The van der Waals surface area contributed by atoms with Gasteiger partial charge in [0.15, 0.2) is 0 Å². The molecule has 1 rings (SSSR count). The third-order valence-electron chi connectivity index (χ3n) is 0.789. The molecule has 0 bridgehead atoms. The molecule has 0 saturated heterocycles. The first-order chi connectivity index (χ1) is 3.80. The quantitative estimate of drug-likeness (QED) is 0.587. The van der Waals surface area contributed by atoms with Crippen LogP contribution >= 0.6 is 15.9 Å². The van der Waals surface area contributed by atoms with E-state index >= 15 is 0 Å². The van der Waals surface area contributed by atoms with E-state index < -0.39 is 0 Å². The van der Waals surface area contributed by atoms with Crippen molar-refractivity contribution in [3.05, 3.63) is 23.0 Å². The first kappa shape index (κ1) is 5.56. The Hall–Kier alpha value is -0.570. The van der Waals surface area contributed by atoms with Gasteiger partial charge in [-0.25, -0.2) is 4.99 Å². The van der Waals surface area contributed by atoms with Gasteiger partial charge in [-0.05, 0) is 15.9 Å². The summed E-state index contributed by atoms with van der Waals surface area (Å²) >= 11 is 3.24. The fourth-order valence-electron chi connectivity index (χ4n) is 0.365. The number of hydrogen-bond donors (Lipinski definition) is 1. The number of allylic oxidation sites excluding steroid dienone is 1. The third kappa shape index (κ3) is 0.980. The van der Waals surface area contributed by atoms with Gasteiger partial charge in [-0.15, -0.1) is 0 Å². The second-order valence-corrected chi connectivity index (χ2v) is 2.23. The Labute approximate surface area is 56.1 Å². The Kier molecular flexibility index (Phi) is 1.48. The summed E-state index contributed by atoms with van der Waals surface area (Å²) in [6.07, 6.45) is 3.28. The Bertz CT molecular complexity index is 169. The van der Waals surface area contributed by atoms with E-state index in [-0.39, 0.29) is 0 Å². The second-order valence-electron chi connectivity index (χ2n) is 1.38. The van der Waals surface area contributed by atoms with E-state index in [1.165, 1.54) is 0 Å². The molecule has 0 aromatic rings. The minimum Gasteiger partial charge on any atom is -0.346 e. The van der Waals surface area contributed by atoms with E-state index in [1.54, 1.807) is 12.5 Å². The van der Waals surface area contributed by atoms with Crippen LogP contribution in [0.2, 0.25) is 0 Å². The van der Waals surface area contributed by atoms with Crippen molar-refractivity contribution in [2.75, 3.05) is 0 Å². The summed E-state index contributed by atoms with van der Waals surface area (Å²) in [7, 11) is 0. The lowest BCUT2D eigenvalue weighted by Gasteiger charge is -2.04. The SMILES string of the molecule is C=C1NC=NC=C1Br. The molecule has 0 fully saturated rings. The van der Waals surface area contributed by atoms with Gasteiger partial charge in [0.25, 0.3) is 0 Å². The van der Waals surface area contributed by atoms with Crippen molar-refractivity contribution >= 4 is 22.3 Å². The molecule has 0 aromatic heterocycles. The maximum absolute atomic E-state index is 3.80. The molecule has 0 amide bonds. The molecule has 3 heteroatoms. The molecule has 2 nitrogen and oxygen atoms in total. The molecule has 1 heterocycles. The van der Waals surface area contributed by atoms with Crippen LogP contribution in [0.3, 0.4) is 0 Å². The topological polar surface area (TPSA) is 24.4 Å². The normalized spacial score (nSPS) is 17.6. The van der Waals surface area contributed by atoms with Gasteiger partial charge < -0.3 is 5.32 Å². The van der Waals surface area contributed by atoms with E-state index in [0.717, 1.165) is 10.2 Å². The Balaban J connectivity index is 2.80. The van der Waals surface area contributed by atoms with Crippen molar-refractivity contribution in [3.63, 3.8) is 0 Å². The molecular formula is C5H5BrN2. The minimum absolute atomic E-state index is 0.847. The Morgan fingerprint density at radius 3 is 2.88 bits per heavy atom. The lowest BCUT2D eigenvalue weighted by molar-refractivity contribution is 1.18. The van der Waals surface area contributed by atoms with Gasteiger partial charge in [0.05, 0.1) is 10.8 Å². The Morgan fingerprint density at radius 1 is 1.75 bits per heavy atom. The number of rotatable bonds is 0. The zero-order valence-electron chi connectivity index (χ0n) is 4.19. The standard InChI is InChI=1S/C5H5BrN2/c1-4-5(6)2-7-3-8-4/h2-3H,1H2,(H,7,8). The van der Waals surface area contributed by atoms with Crippen molar-refractivity contribution in [2.24, 2.45) is 4.99 Å². The predicted octanol–water partition coefficient (Wildman–Crippen LogP) is 1.37. The van der Waals surface area contributed by atoms with E-state index in [9.17, 15) is 0 Å². The van der Waals surface area contributed by atoms with Crippen LogP contribution in [0.1, 0.15) is 0 Å². The summed E-state index contributed by atoms with van der Waals surface area (Å²) in [6.45, 7) is 3.68. The first-order valence-corrected chi connectivity index (χ1v) is 2.93. The van der Waals surface area contributed by atoms with E-state index in [0.29, 0.717) is 0 Å². The molecule has 0 aliphatic carbocycles. The summed E-state index contributed by atoms with van der Waals surface area (Å²) < 4.78 is 0.903. The van der Waals surface area contributed by atoms with Gasteiger partial charge in [-0.3, -0.25) is 0 Å². The van der Waals surface area contributed by atoms with Gasteiger partial charge in [0.2, 0.25) is 0 Å². The van der Waals surface area contributed by atoms with E-state index in [4.69, 9.17) is 0 Å². The summed E-state index contributed by atoms with van der Waals surface area (Å²) in [5.74, 6) is 0. The highest BCUT2D eigenvalue weighted by Gasteiger charge is 1.97. The van der Waals surface area contributed by atoms with Crippen LogP contribution < -0.4 is 5.32 Å². The number of aliphatic imine (C=N–C) groups is 1. The van der Waals surface area contributed by atoms with Gasteiger partial charge in [0, 0.05) is 11.9 Å². The van der Waals surface area contributed by atoms with Crippen molar-refractivity contribution < 1.29 is 0 Å². The van der Waals surface area contributed by atoms with Crippen LogP contribution in [0, 0.1) is 0 Å². The molecule has 0 atom stereocenters.